The number of benzene rings is 2. The van der Waals surface area contributed by atoms with E-state index in [2.05, 4.69) is 74.1 Å². The van der Waals surface area contributed by atoms with E-state index < -0.39 is 0 Å². The maximum absolute atomic E-state index is 5.52. The average molecular weight is 447 g/mol. The highest BCUT2D eigenvalue weighted by molar-refractivity contribution is 5.80. The zero-order valence-corrected chi connectivity index (χ0v) is 19.5. The molecular weight excluding hydrogens is 412 g/mol. The lowest BCUT2D eigenvalue weighted by atomic mass is 10.1. The van der Waals surface area contributed by atoms with Crippen molar-refractivity contribution in [2.75, 3.05) is 45.9 Å². The third-order valence-corrected chi connectivity index (χ3v) is 6.67. The summed E-state index contributed by atoms with van der Waals surface area (Å²) in [6, 6.07) is 17.7. The van der Waals surface area contributed by atoms with E-state index in [-0.39, 0.29) is 0 Å². The number of morpholine rings is 1. The summed E-state index contributed by atoms with van der Waals surface area (Å²) >= 11 is 0. The first-order chi connectivity index (χ1) is 16.3. The number of aliphatic imine (C=N–C) groups is 1. The number of fused-ring (bicyclic) bond motifs is 1. The Morgan fingerprint density at radius 1 is 1.06 bits per heavy atom. The van der Waals surface area contributed by atoms with Crippen molar-refractivity contribution in [2.24, 2.45) is 4.99 Å². The quantitative estimate of drug-likeness (QED) is 0.466. The Bertz CT molecular complexity index is 1070. The summed E-state index contributed by atoms with van der Waals surface area (Å²) in [4.78, 5) is 14.5. The van der Waals surface area contributed by atoms with Crippen molar-refractivity contribution in [3.63, 3.8) is 0 Å². The molecule has 0 radical (unpaired) electrons. The first-order valence-electron chi connectivity index (χ1n) is 12.1. The van der Waals surface area contributed by atoms with Gasteiger partial charge in [-0.1, -0.05) is 36.4 Å². The molecule has 0 bridgehead atoms. The molecule has 0 spiro atoms. The minimum atomic E-state index is 0.608. The molecule has 1 unspecified atom stereocenters. The number of rotatable bonds is 6. The number of para-hydroxylation sites is 2. The van der Waals surface area contributed by atoms with E-state index in [0.29, 0.717) is 12.6 Å². The van der Waals surface area contributed by atoms with Crippen molar-refractivity contribution < 1.29 is 4.74 Å². The maximum Gasteiger partial charge on any atom is 0.194 e. The molecule has 0 amide bonds. The number of guanidine groups is 1. The molecule has 33 heavy (non-hydrogen) atoms. The molecule has 3 heterocycles. The molecule has 2 aliphatic heterocycles. The van der Waals surface area contributed by atoms with Crippen molar-refractivity contribution in [2.45, 2.75) is 32.5 Å². The normalized spacial score (nSPS) is 20.0. The largest absolute Gasteiger partial charge is 0.379 e. The fraction of sp³-hybridized carbons (Fsp3) is 0.462. The van der Waals surface area contributed by atoms with Crippen molar-refractivity contribution in [3.05, 3.63) is 66.0 Å². The Kier molecular flexibility index (Phi) is 6.88. The second-order valence-electron chi connectivity index (χ2n) is 8.88. The van der Waals surface area contributed by atoms with E-state index >= 15 is 0 Å². The minimum absolute atomic E-state index is 0.608. The van der Waals surface area contributed by atoms with Crippen LogP contribution in [0.4, 0.5) is 0 Å². The van der Waals surface area contributed by atoms with Crippen LogP contribution in [0.25, 0.3) is 11.0 Å². The molecule has 1 aromatic heterocycles. The monoisotopic (exact) mass is 446 g/mol. The van der Waals surface area contributed by atoms with Gasteiger partial charge in [-0.05, 0) is 36.6 Å². The molecular formula is C26H34N6O. The van der Waals surface area contributed by atoms with Crippen LogP contribution in [0.1, 0.15) is 24.5 Å². The molecule has 7 heteroatoms. The summed E-state index contributed by atoms with van der Waals surface area (Å²) in [7, 11) is 0. The Morgan fingerprint density at radius 3 is 2.67 bits per heavy atom. The molecule has 174 valence electrons. The average Bonchev–Trinajstić information content (AvgIpc) is 3.51. The van der Waals surface area contributed by atoms with Gasteiger partial charge in [-0.15, -0.1) is 0 Å². The summed E-state index contributed by atoms with van der Waals surface area (Å²) < 4.78 is 7.72. The van der Waals surface area contributed by atoms with Crippen molar-refractivity contribution in [1.29, 1.82) is 0 Å². The molecule has 0 aliphatic carbocycles. The van der Waals surface area contributed by atoms with E-state index in [1.807, 2.05) is 12.4 Å². The lowest BCUT2D eigenvalue weighted by Gasteiger charge is -2.32. The van der Waals surface area contributed by atoms with Gasteiger partial charge in [0.25, 0.3) is 0 Å². The SMILES string of the molecule is CCNC(=NCc1ccc(Cn2cnc3ccccc32)cc1)N1CCC(N2CCOCC2)C1. The van der Waals surface area contributed by atoms with Crippen molar-refractivity contribution in [1.82, 2.24) is 24.7 Å². The predicted octanol–water partition coefficient (Wildman–Crippen LogP) is 2.96. The molecule has 5 rings (SSSR count). The summed E-state index contributed by atoms with van der Waals surface area (Å²) in [5, 5.41) is 3.50. The lowest BCUT2D eigenvalue weighted by molar-refractivity contribution is 0.0195. The standard InChI is InChI=1S/C26H34N6O/c1-2-27-26(31-12-11-23(19-31)30-13-15-33-16-14-30)28-17-21-7-9-22(10-8-21)18-32-20-29-24-5-3-4-6-25(24)32/h3-10,20,23H,2,11-19H2,1H3,(H,27,28). The molecule has 2 aliphatic rings. The number of nitrogens with zero attached hydrogens (tertiary/aromatic N) is 5. The van der Waals surface area contributed by atoms with E-state index in [1.54, 1.807) is 0 Å². The molecule has 7 nitrogen and oxygen atoms in total. The Morgan fingerprint density at radius 2 is 1.85 bits per heavy atom. The van der Waals surface area contributed by atoms with Gasteiger partial charge in [0.15, 0.2) is 5.96 Å². The van der Waals surface area contributed by atoms with Crippen LogP contribution in [0.2, 0.25) is 0 Å². The second-order valence-corrected chi connectivity index (χ2v) is 8.88. The fourth-order valence-electron chi connectivity index (χ4n) is 4.85. The highest BCUT2D eigenvalue weighted by atomic mass is 16.5. The molecule has 1 atom stereocenters. The van der Waals surface area contributed by atoms with E-state index in [0.717, 1.165) is 64.0 Å². The molecule has 3 aromatic rings. The third kappa shape index (κ3) is 5.20. The smallest absolute Gasteiger partial charge is 0.194 e. The summed E-state index contributed by atoms with van der Waals surface area (Å²) in [5.41, 5.74) is 4.71. The highest BCUT2D eigenvalue weighted by Gasteiger charge is 2.30. The van der Waals surface area contributed by atoms with Gasteiger partial charge < -0.3 is 19.5 Å². The number of nitrogens with one attached hydrogen (secondary N) is 1. The van der Waals surface area contributed by atoms with Crippen LogP contribution in [0.5, 0.6) is 0 Å². The van der Waals surface area contributed by atoms with Crippen molar-refractivity contribution >= 4 is 17.0 Å². The molecule has 2 saturated heterocycles. The van der Waals surface area contributed by atoms with Gasteiger partial charge in [0, 0.05) is 45.3 Å². The van der Waals surface area contributed by atoms with Crippen LogP contribution in [-0.2, 0) is 17.8 Å². The molecule has 2 fully saturated rings. The van der Waals surface area contributed by atoms with Gasteiger partial charge in [-0.2, -0.15) is 0 Å². The van der Waals surface area contributed by atoms with E-state index in [1.165, 1.54) is 23.1 Å². The topological polar surface area (TPSA) is 57.9 Å². The maximum atomic E-state index is 5.52. The van der Waals surface area contributed by atoms with Gasteiger partial charge in [0.1, 0.15) is 0 Å². The minimum Gasteiger partial charge on any atom is -0.379 e. The van der Waals surface area contributed by atoms with E-state index in [4.69, 9.17) is 9.73 Å². The van der Waals surface area contributed by atoms with Crippen LogP contribution in [0.3, 0.4) is 0 Å². The first-order valence-corrected chi connectivity index (χ1v) is 12.1. The van der Waals surface area contributed by atoms with Crippen LogP contribution < -0.4 is 5.32 Å². The molecule has 1 N–H and O–H groups in total. The van der Waals surface area contributed by atoms with Crippen LogP contribution in [0, 0.1) is 0 Å². The number of aromatic nitrogens is 2. The Labute approximate surface area is 196 Å². The summed E-state index contributed by atoms with van der Waals surface area (Å²) in [6.07, 6.45) is 3.12. The number of imidazole rings is 1. The number of hydrogen-bond acceptors (Lipinski definition) is 4. The fourth-order valence-corrected chi connectivity index (χ4v) is 4.85. The highest BCUT2D eigenvalue weighted by Crippen LogP contribution is 2.18. The zero-order chi connectivity index (χ0) is 22.5. The van der Waals surface area contributed by atoms with Crippen LogP contribution in [0.15, 0.2) is 59.9 Å². The van der Waals surface area contributed by atoms with Crippen molar-refractivity contribution in [3.8, 4) is 0 Å². The van der Waals surface area contributed by atoms with Gasteiger partial charge >= 0.3 is 0 Å². The Hall–Kier alpha value is -2.90. The van der Waals surface area contributed by atoms with Gasteiger partial charge in [0.2, 0.25) is 0 Å². The van der Waals surface area contributed by atoms with E-state index in [9.17, 15) is 0 Å². The number of ether oxygens (including phenoxy) is 1. The number of hydrogen-bond donors (Lipinski definition) is 1. The first kappa shape index (κ1) is 21.9. The van der Waals surface area contributed by atoms with Crippen LogP contribution >= 0.6 is 0 Å². The molecule has 2 aromatic carbocycles. The predicted molar refractivity (Wildman–Crippen MR) is 132 cm³/mol. The summed E-state index contributed by atoms with van der Waals surface area (Å²) in [5.74, 6) is 1.03. The molecule has 0 saturated carbocycles. The second kappa shape index (κ2) is 10.4. The number of likely N-dealkylation sites (tertiary alicyclic amines) is 1. The summed E-state index contributed by atoms with van der Waals surface area (Å²) in [6.45, 7) is 10.5. The third-order valence-electron chi connectivity index (χ3n) is 6.67. The zero-order valence-electron chi connectivity index (χ0n) is 19.5. The Balaban J connectivity index is 1.20. The lowest BCUT2D eigenvalue weighted by Crippen LogP contribution is -2.46. The van der Waals surface area contributed by atoms with Gasteiger partial charge in [-0.3, -0.25) is 4.90 Å². The van der Waals surface area contributed by atoms with Gasteiger partial charge in [0.05, 0.1) is 37.1 Å². The van der Waals surface area contributed by atoms with Crippen LogP contribution in [-0.4, -0.2) is 77.3 Å². The van der Waals surface area contributed by atoms with Gasteiger partial charge in [-0.25, -0.2) is 9.98 Å².